The Balaban J connectivity index is 2.78. The molecule has 1 amide bonds. The zero-order chi connectivity index (χ0) is 17.0. The van der Waals surface area contributed by atoms with Crippen LogP contribution in [0.4, 0.5) is 5.82 Å². The fraction of sp³-hybridized carbons (Fsp3) is 0.588. The summed E-state index contributed by atoms with van der Waals surface area (Å²) in [6.45, 7) is 12.6. The van der Waals surface area contributed by atoms with Crippen molar-refractivity contribution in [3.63, 3.8) is 0 Å². The molecule has 122 valence electrons. The molecule has 0 fully saturated rings. The van der Waals surface area contributed by atoms with Gasteiger partial charge in [0.25, 0.3) is 0 Å². The summed E-state index contributed by atoms with van der Waals surface area (Å²) < 4.78 is 0. The van der Waals surface area contributed by atoms with Crippen molar-refractivity contribution in [3.05, 3.63) is 23.9 Å². The first kappa shape index (κ1) is 18.1. The monoisotopic (exact) mass is 304 g/mol. The minimum atomic E-state index is -0.125. The summed E-state index contributed by atoms with van der Waals surface area (Å²) in [7, 11) is 0. The number of amides is 1. The molecule has 0 aliphatic heterocycles. The van der Waals surface area contributed by atoms with Crippen molar-refractivity contribution in [3.8, 4) is 0 Å². The van der Waals surface area contributed by atoms with E-state index in [1.807, 2.05) is 0 Å². The van der Waals surface area contributed by atoms with Crippen LogP contribution in [0, 0.1) is 16.7 Å². The van der Waals surface area contributed by atoms with Gasteiger partial charge in [-0.3, -0.25) is 4.79 Å². The molecule has 1 aromatic rings. The van der Waals surface area contributed by atoms with Gasteiger partial charge in [-0.15, -0.1) is 0 Å². The van der Waals surface area contributed by atoms with Crippen molar-refractivity contribution in [2.45, 2.75) is 48.0 Å². The van der Waals surface area contributed by atoms with Gasteiger partial charge in [-0.2, -0.15) is 5.10 Å². The van der Waals surface area contributed by atoms with Crippen molar-refractivity contribution in [2.24, 2.45) is 21.8 Å². The van der Waals surface area contributed by atoms with Crippen LogP contribution in [-0.4, -0.2) is 17.1 Å². The molecular weight excluding hydrogens is 276 g/mol. The Morgan fingerprint density at radius 3 is 2.50 bits per heavy atom. The maximum Gasteiger partial charge on any atom is 0.243 e. The number of nitrogens with one attached hydrogen (secondary N) is 1. The minimum Gasteiger partial charge on any atom is -0.383 e. The third-order valence-electron chi connectivity index (χ3n) is 3.43. The van der Waals surface area contributed by atoms with Crippen molar-refractivity contribution >= 4 is 17.9 Å². The van der Waals surface area contributed by atoms with Crippen LogP contribution in [0.2, 0.25) is 0 Å². The first-order valence-electron chi connectivity index (χ1n) is 7.54. The van der Waals surface area contributed by atoms with Gasteiger partial charge in [0.2, 0.25) is 5.91 Å². The SMILES string of the molecule is CC(C)(C)CC(C(=O)N/N=C/c1cccnc1N)C(C)(C)C. The summed E-state index contributed by atoms with van der Waals surface area (Å²) in [4.78, 5) is 16.4. The quantitative estimate of drug-likeness (QED) is 0.662. The standard InChI is InChI=1S/C17H28N4O/c1-16(2,3)10-13(17(4,5)6)15(22)21-20-11-12-8-7-9-19-14(12)18/h7-9,11,13H,10H2,1-6H3,(H2,18,19)(H,21,22)/b20-11+. The van der Waals surface area contributed by atoms with Gasteiger partial charge in [0.05, 0.1) is 6.21 Å². The number of anilines is 1. The number of hydrogen-bond donors (Lipinski definition) is 2. The minimum absolute atomic E-state index is 0.0684. The van der Waals surface area contributed by atoms with Crippen LogP contribution in [0.15, 0.2) is 23.4 Å². The molecule has 1 aromatic heterocycles. The third-order valence-corrected chi connectivity index (χ3v) is 3.43. The molecular formula is C17H28N4O. The summed E-state index contributed by atoms with van der Waals surface area (Å²) in [5.74, 6) is 0.208. The van der Waals surface area contributed by atoms with E-state index in [1.165, 1.54) is 6.21 Å². The number of rotatable bonds is 4. The predicted octanol–water partition coefficient (Wildman–Crippen LogP) is 3.21. The predicted molar refractivity (Wildman–Crippen MR) is 91.4 cm³/mol. The Bertz CT molecular complexity index is 538. The second-order valence-electron chi connectivity index (χ2n) is 7.90. The Kier molecular flexibility index (Phi) is 5.69. The maximum atomic E-state index is 12.5. The molecule has 0 radical (unpaired) electrons. The number of hydrazone groups is 1. The topological polar surface area (TPSA) is 80.4 Å². The molecule has 22 heavy (non-hydrogen) atoms. The van der Waals surface area contributed by atoms with E-state index in [0.717, 1.165) is 6.42 Å². The number of carbonyl (C=O) groups is 1. The maximum absolute atomic E-state index is 12.5. The fourth-order valence-corrected chi connectivity index (χ4v) is 2.19. The second kappa shape index (κ2) is 6.90. The average Bonchev–Trinajstić information content (AvgIpc) is 2.36. The lowest BCUT2D eigenvalue weighted by Gasteiger charge is -2.33. The molecule has 1 heterocycles. The number of pyridine rings is 1. The lowest BCUT2D eigenvalue weighted by Crippen LogP contribution is -2.38. The van der Waals surface area contributed by atoms with E-state index in [4.69, 9.17) is 5.73 Å². The number of aromatic nitrogens is 1. The van der Waals surface area contributed by atoms with E-state index in [2.05, 4.69) is 57.1 Å². The van der Waals surface area contributed by atoms with Crippen LogP contribution in [-0.2, 0) is 4.79 Å². The Morgan fingerprint density at radius 1 is 1.36 bits per heavy atom. The van der Waals surface area contributed by atoms with Gasteiger partial charge in [-0.1, -0.05) is 41.5 Å². The molecule has 0 saturated heterocycles. The molecule has 3 N–H and O–H groups in total. The lowest BCUT2D eigenvalue weighted by molar-refractivity contribution is -0.129. The number of nitrogens with zero attached hydrogens (tertiary/aromatic N) is 2. The number of hydrogen-bond acceptors (Lipinski definition) is 4. The average molecular weight is 304 g/mol. The van der Waals surface area contributed by atoms with Gasteiger partial charge in [0, 0.05) is 17.7 Å². The molecule has 0 saturated carbocycles. The van der Waals surface area contributed by atoms with Crippen molar-refractivity contribution in [2.75, 3.05) is 5.73 Å². The Morgan fingerprint density at radius 2 is 2.00 bits per heavy atom. The second-order valence-corrected chi connectivity index (χ2v) is 7.90. The molecule has 0 aromatic carbocycles. The summed E-state index contributed by atoms with van der Waals surface area (Å²) in [5, 5.41) is 4.02. The summed E-state index contributed by atoms with van der Waals surface area (Å²) in [6.07, 6.45) is 3.94. The molecule has 5 heteroatoms. The van der Waals surface area contributed by atoms with Gasteiger partial charge in [-0.25, -0.2) is 10.4 Å². The van der Waals surface area contributed by atoms with Crippen LogP contribution < -0.4 is 11.2 Å². The summed E-state index contributed by atoms with van der Waals surface area (Å²) in [6, 6.07) is 3.57. The van der Waals surface area contributed by atoms with E-state index in [9.17, 15) is 4.79 Å². The van der Waals surface area contributed by atoms with Gasteiger partial charge in [-0.05, 0) is 29.4 Å². The normalized spacial score (nSPS) is 14.1. The van der Waals surface area contributed by atoms with E-state index < -0.39 is 0 Å². The zero-order valence-electron chi connectivity index (χ0n) is 14.5. The van der Waals surface area contributed by atoms with E-state index in [0.29, 0.717) is 11.4 Å². The van der Waals surface area contributed by atoms with Crippen molar-refractivity contribution < 1.29 is 4.79 Å². The van der Waals surface area contributed by atoms with Gasteiger partial charge >= 0.3 is 0 Å². The largest absolute Gasteiger partial charge is 0.383 e. The third kappa shape index (κ3) is 5.84. The van der Waals surface area contributed by atoms with Crippen molar-refractivity contribution in [1.29, 1.82) is 0 Å². The molecule has 1 unspecified atom stereocenters. The number of carbonyl (C=O) groups excluding carboxylic acids is 1. The zero-order valence-corrected chi connectivity index (χ0v) is 14.5. The van der Waals surface area contributed by atoms with Gasteiger partial charge in [0.1, 0.15) is 5.82 Å². The first-order valence-corrected chi connectivity index (χ1v) is 7.54. The van der Waals surface area contributed by atoms with Crippen LogP contribution in [0.25, 0.3) is 0 Å². The Hall–Kier alpha value is -1.91. The molecule has 0 spiro atoms. The molecule has 0 bridgehead atoms. The highest BCUT2D eigenvalue weighted by molar-refractivity contribution is 5.87. The van der Waals surface area contributed by atoms with E-state index in [-0.39, 0.29) is 22.7 Å². The van der Waals surface area contributed by atoms with Crippen molar-refractivity contribution in [1.82, 2.24) is 10.4 Å². The Labute approximate surface area is 133 Å². The highest BCUT2D eigenvalue weighted by Crippen LogP contribution is 2.36. The van der Waals surface area contributed by atoms with Crippen LogP contribution >= 0.6 is 0 Å². The van der Waals surface area contributed by atoms with Gasteiger partial charge in [0.15, 0.2) is 0 Å². The number of nitrogens with two attached hydrogens (primary N) is 1. The molecule has 0 aliphatic rings. The highest BCUT2D eigenvalue weighted by Gasteiger charge is 2.34. The lowest BCUT2D eigenvalue weighted by atomic mass is 9.72. The van der Waals surface area contributed by atoms with Crippen LogP contribution in [0.5, 0.6) is 0 Å². The fourth-order valence-electron chi connectivity index (χ4n) is 2.19. The summed E-state index contributed by atoms with van der Waals surface area (Å²) >= 11 is 0. The molecule has 1 atom stereocenters. The van der Waals surface area contributed by atoms with E-state index >= 15 is 0 Å². The summed E-state index contributed by atoms with van der Waals surface area (Å²) in [5.41, 5.74) is 9.01. The van der Waals surface area contributed by atoms with Crippen LogP contribution in [0.3, 0.4) is 0 Å². The number of nitrogen functional groups attached to an aromatic ring is 1. The molecule has 1 rings (SSSR count). The van der Waals surface area contributed by atoms with Gasteiger partial charge < -0.3 is 5.73 Å². The van der Waals surface area contributed by atoms with Crippen LogP contribution in [0.1, 0.15) is 53.5 Å². The molecule has 0 aliphatic carbocycles. The van der Waals surface area contributed by atoms with E-state index in [1.54, 1.807) is 18.3 Å². The smallest absolute Gasteiger partial charge is 0.243 e. The highest BCUT2D eigenvalue weighted by atomic mass is 16.2. The first-order chi connectivity index (χ1) is 10.0. The molecule has 5 nitrogen and oxygen atoms in total.